The predicted molar refractivity (Wildman–Crippen MR) is 82.8 cm³/mol. The van der Waals surface area contributed by atoms with Crippen LogP contribution in [0.1, 0.15) is 10.4 Å². The number of rotatable bonds is 1. The first-order valence-corrected chi connectivity index (χ1v) is 11.5. The van der Waals surface area contributed by atoms with E-state index in [0.29, 0.717) is 15.6 Å². The average molecular weight is 418 g/mol. The Hall–Kier alpha value is 1.64. The van der Waals surface area contributed by atoms with E-state index in [4.69, 9.17) is 91.0 Å². The molecule has 0 N–H and O–H groups in total. The summed E-state index contributed by atoms with van der Waals surface area (Å²) in [4.78, 5) is 10.6. The smallest absolute Gasteiger partial charge is 0.252 e. The van der Waals surface area contributed by atoms with Crippen molar-refractivity contribution >= 4 is 99.6 Å². The van der Waals surface area contributed by atoms with Gasteiger partial charge in [-0.25, -0.2) is 0 Å². The van der Waals surface area contributed by atoms with Crippen molar-refractivity contribution < 1.29 is 4.79 Å². The molecule has 0 atom stereocenters. The van der Waals surface area contributed by atoms with Crippen LogP contribution >= 0.6 is 94.4 Å². The van der Waals surface area contributed by atoms with E-state index in [2.05, 4.69) is 0 Å². The van der Waals surface area contributed by atoms with E-state index in [1.807, 2.05) is 0 Å². The molecule has 0 spiro atoms. The second-order valence-electron chi connectivity index (χ2n) is 2.57. The number of hydrogen-bond donors (Lipinski definition) is 0. The van der Waals surface area contributed by atoms with Crippen molar-refractivity contribution in [3.05, 3.63) is 33.8 Å². The summed E-state index contributed by atoms with van der Waals surface area (Å²) in [5.74, 6) is 0. The molecular formula is C7H3Cl8OP. The van der Waals surface area contributed by atoms with Gasteiger partial charge in [0.25, 0.3) is 5.24 Å². The number of benzene rings is 1. The molecule has 0 bridgehead atoms. The Balaban J connectivity index is 0.000000366. The normalized spacial score (nSPS) is 13.1. The summed E-state index contributed by atoms with van der Waals surface area (Å²) in [5, 5.41) is 0.248. The second kappa shape index (κ2) is 6.88. The van der Waals surface area contributed by atoms with E-state index in [9.17, 15) is 4.79 Å². The van der Waals surface area contributed by atoms with Crippen LogP contribution in [0.3, 0.4) is 0 Å². The minimum atomic E-state index is -3.69. The third-order valence-corrected chi connectivity index (χ3v) is 1.74. The fraction of sp³-hybridized carbons (Fsp3) is 0. The van der Waals surface area contributed by atoms with E-state index >= 15 is 0 Å². The number of carbonyl (C=O) groups excluding carboxylic acids is 1. The van der Waals surface area contributed by atoms with Crippen LogP contribution in [-0.4, -0.2) is 5.24 Å². The number of halogens is 8. The first kappa shape index (κ1) is 18.6. The molecule has 0 fully saturated rings. The molecule has 0 aromatic heterocycles. The van der Waals surface area contributed by atoms with Crippen LogP contribution in [0.5, 0.6) is 0 Å². The quantitative estimate of drug-likeness (QED) is 0.338. The summed E-state index contributed by atoms with van der Waals surface area (Å²) in [6.45, 7) is 0. The first-order valence-electron chi connectivity index (χ1n) is 3.60. The maximum absolute atomic E-state index is 10.6. The molecule has 1 nitrogen and oxygen atoms in total. The van der Waals surface area contributed by atoms with Crippen molar-refractivity contribution in [2.45, 2.75) is 0 Å². The SMILES string of the molecule is ClP(Cl)(Cl)(Cl)Cl.O=C(Cl)c1cc(Cl)cc(Cl)c1. The van der Waals surface area contributed by atoms with Gasteiger partial charge in [-0.2, -0.15) is 0 Å². The molecule has 0 saturated heterocycles. The molecule has 0 aliphatic heterocycles. The fourth-order valence-corrected chi connectivity index (χ4v) is 1.30. The van der Waals surface area contributed by atoms with Crippen molar-refractivity contribution in [3.8, 4) is 0 Å². The second-order valence-corrected chi connectivity index (χ2v) is 20.4. The molecule has 17 heavy (non-hydrogen) atoms. The van der Waals surface area contributed by atoms with Crippen LogP contribution in [0.25, 0.3) is 0 Å². The molecule has 1 aromatic carbocycles. The number of hydrogen-bond acceptors (Lipinski definition) is 1. The van der Waals surface area contributed by atoms with Crippen molar-refractivity contribution in [3.63, 3.8) is 0 Å². The van der Waals surface area contributed by atoms with Crippen molar-refractivity contribution in [2.24, 2.45) is 0 Å². The maximum atomic E-state index is 10.6. The zero-order valence-electron chi connectivity index (χ0n) is 7.61. The molecule has 1 rings (SSSR count). The van der Waals surface area contributed by atoms with Crippen LogP contribution < -0.4 is 0 Å². The molecule has 0 amide bonds. The van der Waals surface area contributed by atoms with Crippen molar-refractivity contribution in [2.75, 3.05) is 0 Å². The minimum Gasteiger partial charge on any atom is -0.276 e. The minimum absolute atomic E-state index is 0.309. The Bertz CT molecular complexity index is 386. The van der Waals surface area contributed by atoms with Gasteiger partial charge in [0.1, 0.15) is 0 Å². The molecule has 0 aliphatic rings. The van der Waals surface area contributed by atoms with Gasteiger partial charge in [0.2, 0.25) is 0 Å². The Morgan fingerprint density at radius 2 is 1.18 bits per heavy atom. The van der Waals surface area contributed by atoms with Crippen LogP contribution in [0, 0.1) is 0 Å². The Labute approximate surface area is 137 Å². The van der Waals surface area contributed by atoms with Crippen molar-refractivity contribution in [1.82, 2.24) is 0 Å². The van der Waals surface area contributed by atoms with Gasteiger partial charge in [-0.15, -0.1) is 0 Å². The Kier molecular flexibility index (Phi) is 7.55. The average Bonchev–Trinajstić information content (AvgIpc) is 1.96. The van der Waals surface area contributed by atoms with Gasteiger partial charge in [-0.05, 0) is 29.8 Å². The van der Waals surface area contributed by atoms with Gasteiger partial charge >= 0.3 is 59.6 Å². The van der Waals surface area contributed by atoms with E-state index < -0.39 is 8.61 Å². The zero-order chi connectivity index (χ0) is 13.9. The topological polar surface area (TPSA) is 17.1 Å². The van der Waals surface area contributed by atoms with Crippen LogP contribution in [0.15, 0.2) is 18.2 Å². The largest absolute Gasteiger partial charge is 0.276 e. The van der Waals surface area contributed by atoms with Gasteiger partial charge in [0.15, 0.2) is 0 Å². The van der Waals surface area contributed by atoms with Crippen LogP contribution in [-0.2, 0) is 0 Å². The van der Waals surface area contributed by atoms with Gasteiger partial charge in [0, 0.05) is 15.6 Å². The molecule has 98 valence electrons. The van der Waals surface area contributed by atoms with Crippen molar-refractivity contribution in [1.29, 1.82) is 0 Å². The third-order valence-electron chi connectivity index (χ3n) is 1.09. The molecule has 0 saturated carbocycles. The maximum Gasteiger partial charge on any atom is 0.252 e. The van der Waals surface area contributed by atoms with Gasteiger partial charge in [-0.1, -0.05) is 23.2 Å². The Morgan fingerprint density at radius 1 is 0.882 bits per heavy atom. The fourth-order valence-electron chi connectivity index (χ4n) is 0.667. The first-order chi connectivity index (χ1) is 7.33. The van der Waals surface area contributed by atoms with Crippen LogP contribution in [0.2, 0.25) is 10.0 Å². The summed E-state index contributed by atoms with van der Waals surface area (Å²) < 4.78 is -3.69. The van der Waals surface area contributed by atoms with Gasteiger partial charge in [-0.3, -0.25) is 4.79 Å². The number of carbonyl (C=O) groups is 1. The molecule has 0 radical (unpaired) electrons. The summed E-state index contributed by atoms with van der Waals surface area (Å²) >= 11 is 41.3. The molecule has 1 aromatic rings. The monoisotopic (exact) mass is 414 g/mol. The molecule has 10 heteroatoms. The van der Waals surface area contributed by atoms with E-state index in [1.165, 1.54) is 18.2 Å². The van der Waals surface area contributed by atoms with Crippen LogP contribution in [0.4, 0.5) is 0 Å². The molecule has 0 heterocycles. The summed E-state index contributed by atoms with van der Waals surface area (Å²) in [6.07, 6.45) is 0. The summed E-state index contributed by atoms with van der Waals surface area (Å²) in [5.41, 5.74) is 0.309. The van der Waals surface area contributed by atoms with Gasteiger partial charge < -0.3 is 0 Å². The molecular weight excluding hydrogens is 415 g/mol. The molecule has 0 unspecified atom stereocenters. The summed E-state index contributed by atoms with van der Waals surface area (Å²) in [7, 11) is 0. The van der Waals surface area contributed by atoms with Gasteiger partial charge in [0.05, 0.1) is 0 Å². The predicted octanol–water partition coefficient (Wildman–Crippen LogP) is 7.68. The molecule has 0 aliphatic carbocycles. The third kappa shape index (κ3) is 13.9. The van der Waals surface area contributed by atoms with E-state index in [0.717, 1.165) is 0 Å². The van der Waals surface area contributed by atoms with E-state index in [-0.39, 0.29) is 0 Å². The van der Waals surface area contributed by atoms with E-state index in [1.54, 1.807) is 0 Å². The Morgan fingerprint density at radius 3 is 1.41 bits per heavy atom. The summed E-state index contributed by atoms with van der Waals surface area (Å²) in [6, 6.07) is 4.46. The zero-order valence-corrected chi connectivity index (χ0v) is 14.6. The standard InChI is InChI=1S/C7H3Cl3O.Cl5P/c8-5-1-4(7(10)11)2-6(9)3-5;1-6(2,3,4)5/h1-3H;.